The molecule has 0 spiro atoms. The molecule has 0 atom stereocenters. The van der Waals surface area contributed by atoms with Gasteiger partial charge in [-0.25, -0.2) is 4.98 Å². The first-order valence-corrected chi connectivity index (χ1v) is 13.7. The minimum Gasteiger partial charge on any atom is -0.309 e. The van der Waals surface area contributed by atoms with Crippen LogP contribution in [0.1, 0.15) is 0 Å². The SMILES string of the molecule is c1ccc(-n2c3ccccc3c3cc4c(ccc5c6ccccc6n(-c6ccc7ccccc7n6)c45)cc32)cc1. The molecule has 0 saturated carbocycles. The molecule has 3 heteroatoms. The molecule has 0 N–H and O–H groups in total. The van der Waals surface area contributed by atoms with Crippen molar-refractivity contribution in [2.24, 2.45) is 0 Å². The maximum atomic E-state index is 5.14. The Balaban J connectivity index is 1.46. The van der Waals surface area contributed by atoms with Gasteiger partial charge in [0, 0.05) is 38.0 Å². The van der Waals surface area contributed by atoms with Crippen molar-refractivity contribution >= 4 is 65.3 Å². The van der Waals surface area contributed by atoms with Crippen LogP contribution in [-0.2, 0) is 0 Å². The Morgan fingerprint density at radius 3 is 1.93 bits per heavy atom. The van der Waals surface area contributed by atoms with E-state index in [2.05, 4.69) is 149 Å². The third-order valence-electron chi connectivity index (χ3n) is 8.27. The summed E-state index contributed by atoms with van der Waals surface area (Å²) in [5.41, 5.74) is 6.96. The van der Waals surface area contributed by atoms with Crippen LogP contribution in [0.2, 0.25) is 0 Å². The Kier molecular flexibility index (Phi) is 4.33. The zero-order valence-electron chi connectivity index (χ0n) is 21.6. The summed E-state index contributed by atoms with van der Waals surface area (Å²) in [6.45, 7) is 0. The van der Waals surface area contributed by atoms with Crippen molar-refractivity contribution in [2.75, 3.05) is 0 Å². The van der Waals surface area contributed by atoms with E-state index in [1.165, 1.54) is 60.1 Å². The Bertz CT molecular complexity index is 2430. The first kappa shape index (κ1) is 21.5. The molecule has 6 aromatic carbocycles. The van der Waals surface area contributed by atoms with Crippen LogP contribution in [-0.4, -0.2) is 14.1 Å². The van der Waals surface area contributed by atoms with Gasteiger partial charge in [0.25, 0.3) is 0 Å². The van der Waals surface area contributed by atoms with Crippen LogP contribution in [0.5, 0.6) is 0 Å². The van der Waals surface area contributed by atoms with E-state index in [1.807, 2.05) is 0 Å². The van der Waals surface area contributed by atoms with Crippen molar-refractivity contribution in [3.63, 3.8) is 0 Å². The number of fused-ring (bicyclic) bond motifs is 9. The topological polar surface area (TPSA) is 22.8 Å². The lowest BCUT2D eigenvalue weighted by Gasteiger charge is -2.11. The summed E-state index contributed by atoms with van der Waals surface area (Å²) in [5, 5.41) is 8.57. The zero-order chi connectivity index (χ0) is 26.2. The minimum absolute atomic E-state index is 0.934. The molecule has 0 aliphatic rings. The predicted molar refractivity (Wildman–Crippen MR) is 168 cm³/mol. The fraction of sp³-hybridized carbons (Fsp3) is 0. The second-order valence-corrected chi connectivity index (χ2v) is 10.5. The molecule has 0 radical (unpaired) electrons. The number of hydrogen-bond donors (Lipinski definition) is 0. The molecule has 9 rings (SSSR count). The van der Waals surface area contributed by atoms with Crippen LogP contribution in [0.25, 0.3) is 76.8 Å². The summed E-state index contributed by atoms with van der Waals surface area (Å²) in [4.78, 5) is 5.14. The Labute approximate surface area is 230 Å². The first-order valence-electron chi connectivity index (χ1n) is 13.7. The van der Waals surface area contributed by atoms with Gasteiger partial charge in [0.15, 0.2) is 0 Å². The van der Waals surface area contributed by atoms with E-state index in [0.717, 1.165) is 16.7 Å². The highest BCUT2D eigenvalue weighted by Crippen LogP contribution is 2.40. The van der Waals surface area contributed by atoms with E-state index in [4.69, 9.17) is 4.98 Å². The zero-order valence-corrected chi connectivity index (χ0v) is 21.6. The van der Waals surface area contributed by atoms with Gasteiger partial charge in [0.1, 0.15) is 5.82 Å². The molecule has 0 bridgehead atoms. The third kappa shape index (κ3) is 2.92. The lowest BCUT2D eigenvalue weighted by Crippen LogP contribution is -1.98. The van der Waals surface area contributed by atoms with Gasteiger partial charge in [0.2, 0.25) is 0 Å². The largest absolute Gasteiger partial charge is 0.309 e. The smallest absolute Gasteiger partial charge is 0.138 e. The maximum Gasteiger partial charge on any atom is 0.138 e. The molecule has 0 aliphatic heterocycles. The quantitative estimate of drug-likeness (QED) is 0.227. The molecule has 0 aliphatic carbocycles. The molecule has 3 heterocycles. The van der Waals surface area contributed by atoms with Crippen LogP contribution >= 0.6 is 0 Å². The van der Waals surface area contributed by atoms with Crippen molar-refractivity contribution in [1.29, 1.82) is 0 Å². The fourth-order valence-corrected chi connectivity index (χ4v) is 6.52. The van der Waals surface area contributed by atoms with E-state index in [-0.39, 0.29) is 0 Å². The van der Waals surface area contributed by atoms with Crippen LogP contribution in [0, 0.1) is 0 Å². The molecule has 3 aromatic heterocycles. The first-order chi connectivity index (χ1) is 19.8. The lowest BCUT2D eigenvalue weighted by molar-refractivity contribution is 1.11. The predicted octanol–water partition coefficient (Wildman–Crippen LogP) is 9.58. The normalized spacial score (nSPS) is 12.0. The average molecular weight is 510 g/mol. The van der Waals surface area contributed by atoms with Gasteiger partial charge < -0.3 is 4.57 Å². The second kappa shape index (κ2) is 8.05. The standard InChI is InChI=1S/C37H23N3/c1-2-11-26(12-3-1)39-33-16-8-6-14-28(33)31-23-30-25(22-35(31)39)18-20-29-27-13-5-9-17-34(27)40(37(29)30)36-21-19-24-10-4-7-15-32(24)38-36/h1-23H. The molecular weight excluding hydrogens is 486 g/mol. The molecule has 0 saturated heterocycles. The molecule has 9 aromatic rings. The molecule has 3 nitrogen and oxygen atoms in total. The van der Waals surface area contributed by atoms with Crippen LogP contribution in [0.4, 0.5) is 0 Å². The van der Waals surface area contributed by atoms with Crippen molar-refractivity contribution in [1.82, 2.24) is 14.1 Å². The highest BCUT2D eigenvalue weighted by molar-refractivity contribution is 6.22. The molecular formula is C37H23N3. The van der Waals surface area contributed by atoms with Gasteiger partial charge in [-0.05, 0) is 60.0 Å². The number of hydrogen-bond acceptors (Lipinski definition) is 1. The van der Waals surface area contributed by atoms with Crippen LogP contribution in [0.15, 0.2) is 140 Å². The van der Waals surface area contributed by atoms with Gasteiger partial charge in [-0.2, -0.15) is 0 Å². The van der Waals surface area contributed by atoms with Crippen LogP contribution < -0.4 is 0 Å². The molecule has 0 amide bonds. The highest BCUT2D eigenvalue weighted by Gasteiger charge is 2.19. The van der Waals surface area contributed by atoms with Gasteiger partial charge in [-0.15, -0.1) is 0 Å². The summed E-state index contributed by atoms with van der Waals surface area (Å²) >= 11 is 0. The number of pyridine rings is 1. The van der Waals surface area contributed by atoms with E-state index in [9.17, 15) is 0 Å². The van der Waals surface area contributed by atoms with E-state index in [1.54, 1.807) is 0 Å². The van der Waals surface area contributed by atoms with Gasteiger partial charge in [0.05, 0.1) is 27.6 Å². The lowest BCUT2D eigenvalue weighted by atomic mass is 10.0. The van der Waals surface area contributed by atoms with Gasteiger partial charge in [-0.1, -0.05) is 84.9 Å². The Hall–Kier alpha value is -5.41. The molecule has 0 fully saturated rings. The number of nitrogens with zero attached hydrogens (tertiary/aromatic N) is 3. The average Bonchev–Trinajstić information content (AvgIpc) is 3.53. The number of rotatable bonds is 2. The van der Waals surface area contributed by atoms with Crippen molar-refractivity contribution in [3.05, 3.63) is 140 Å². The second-order valence-electron chi connectivity index (χ2n) is 10.5. The molecule has 40 heavy (non-hydrogen) atoms. The molecule has 0 unspecified atom stereocenters. The minimum atomic E-state index is 0.934. The van der Waals surface area contributed by atoms with Gasteiger partial charge in [-0.3, -0.25) is 4.57 Å². The monoisotopic (exact) mass is 509 g/mol. The third-order valence-corrected chi connectivity index (χ3v) is 8.27. The highest BCUT2D eigenvalue weighted by atomic mass is 15.1. The maximum absolute atomic E-state index is 5.14. The molecule has 186 valence electrons. The summed E-state index contributed by atoms with van der Waals surface area (Å²) in [6, 6.07) is 50.0. The van der Waals surface area contributed by atoms with E-state index in [0.29, 0.717) is 0 Å². The number of para-hydroxylation sites is 4. The summed E-state index contributed by atoms with van der Waals surface area (Å²) in [6.07, 6.45) is 0. The fourth-order valence-electron chi connectivity index (χ4n) is 6.52. The summed E-state index contributed by atoms with van der Waals surface area (Å²) in [5.74, 6) is 0.934. The van der Waals surface area contributed by atoms with Crippen LogP contribution in [0.3, 0.4) is 0 Å². The van der Waals surface area contributed by atoms with Crippen molar-refractivity contribution in [2.45, 2.75) is 0 Å². The number of benzene rings is 6. The van der Waals surface area contributed by atoms with E-state index < -0.39 is 0 Å². The van der Waals surface area contributed by atoms with Gasteiger partial charge >= 0.3 is 0 Å². The summed E-state index contributed by atoms with van der Waals surface area (Å²) < 4.78 is 4.73. The van der Waals surface area contributed by atoms with Crippen molar-refractivity contribution in [3.8, 4) is 11.5 Å². The number of aromatic nitrogens is 3. The summed E-state index contributed by atoms with van der Waals surface area (Å²) in [7, 11) is 0. The van der Waals surface area contributed by atoms with E-state index >= 15 is 0 Å². The Morgan fingerprint density at radius 2 is 1.07 bits per heavy atom. The Morgan fingerprint density at radius 1 is 0.400 bits per heavy atom. The van der Waals surface area contributed by atoms with Crippen molar-refractivity contribution < 1.29 is 0 Å².